The number of hydrogen-bond donors (Lipinski definition) is 0. The monoisotopic (exact) mass is 496 g/mol. The number of nitrogens with zero attached hydrogens (tertiary/aromatic N) is 2. The molecule has 2 aromatic heterocycles. The second-order valence-electron chi connectivity index (χ2n) is 9.90. The van der Waals surface area contributed by atoms with Crippen LogP contribution in [0.4, 0.5) is 4.39 Å². The van der Waals surface area contributed by atoms with Crippen LogP contribution in [0.3, 0.4) is 0 Å². The van der Waals surface area contributed by atoms with Gasteiger partial charge in [-0.15, -0.1) is 0 Å². The molecule has 164 valence electrons. The molecule has 4 heteroatoms. The molecule has 33 heavy (non-hydrogen) atoms. The number of rotatable bonds is 3. The van der Waals surface area contributed by atoms with Gasteiger partial charge in [0.25, 0.3) is 0 Å². The molecule has 5 rings (SSSR count). The molecule has 0 N–H and O–H groups in total. The van der Waals surface area contributed by atoms with Crippen LogP contribution >= 0.6 is 0 Å². The van der Waals surface area contributed by atoms with Gasteiger partial charge in [-0.3, -0.25) is 0 Å². The predicted octanol–water partition coefficient (Wildman–Crippen LogP) is 7.42. The molecule has 0 amide bonds. The Morgan fingerprint density at radius 2 is 1.39 bits per heavy atom. The number of hydrogen-bond acceptors (Lipinski definition) is 2. The van der Waals surface area contributed by atoms with Crippen molar-refractivity contribution >= 4 is 39.3 Å². The topological polar surface area (TPSA) is 25.8 Å². The summed E-state index contributed by atoms with van der Waals surface area (Å²) in [6.45, 7) is 4.24. The molecular formula is C29H27FGeN2. The van der Waals surface area contributed by atoms with Gasteiger partial charge in [-0.05, 0) is 0 Å². The fraction of sp³-hybridized carbons (Fsp3) is 0.172. The summed E-state index contributed by atoms with van der Waals surface area (Å²) in [4.78, 5) is 9.79. The Balaban J connectivity index is 1.82. The number of aryl methyl sites for hydroxylation is 2. The Labute approximate surface area is 196 Å². The molecule has 0 saturated heterocycles. The Morgan fingerprint density at radius 3 is 2.06 bits per heavy atom. The maximum atomic E-state index is 13.6. The first-order valence-corrected chi connectivity index (χ1v) is 18.6. The van der Waals surface area contributed by atoms with Crippen LogP contribution < -0.4 is 4.40 Å². The average molecular weight is 495 g/mol. The van der Waals surface area contributed by atoms with Crippen molar-refractivity contribution in [1.29, 1.82) is 0 Å². The van der Waals surface area contributed by atoms with Crippen LogP contribution in [-0.4, -0.2) is 23.2 Å². The van der Waals surface area contributed by atoms with Crippen LogP contribution in [0.1, 0.15) is 11.1 Å². The van der Waals surface area contributed by atoms with E-state index in [0.717, 1.165) is 33.1 Å². The molecule has 2 heterocycles. The zero-order valence-corrected chi connectivity index (χ0v) is 21.8. The Kier molecular flexibility index (Phi) is 5.32. The fourth-order valence-corrected chi connectivity index (χ4v) is 8.96. The maximum absolute atomic E-state index is 13.6. The van der Waals surface area contributed by atoms with E-state index in [0.29, 0.717) is 0 Å². The van der Waals surface area contributed by atoms with Crippen molar-refractivity contribution in [1.82, 2.24) is 9.97 Å². The second-order valence-corrected chi connectivity index (χ2v) is 20.4. The summed E-state index contributed by atoms with van der Waals surface area (Å²) < 4.78 is 14.9. The van der Waals surface area contributed by atoms with Gasteiger partial charge in [0, 0.05) is 0 Å². The van der Waals surface area contributed by atoms with Crippen molar-refractivity contribution in [3.05, 3.63) is 90.0 Å². The van der Waals surface area contributed by atoms with Crippen molar-refractivity contribution in [2.75, 3.05) is 0 Å². The molecule has 0 unspecified atom stereocenters. The Hall–Kier alpha value is -3.05. The van der Waals surface area contributed by atoms with Crippen LogP contribution in [0.2, 0.25) is 17.3 Å². The first-order chi connectivity index (χ1) is 15.7. The minimum atomic E-state index is -2.37. The minimum absolute atomic E-state index is 0.214. The molecule has 0 saturated carbocycles. The van der Waals surface area contributed by atoms with E-state index >= 15 is 0 Å². The molecule has 5 aromatic rings. The molecular weight excluding hydrogens is 468 g/mol. The van der Waals surface area contributed by atoms with Gasteiger partial charge in [0.15, 0.2) is 0 Å². The molecule has 2 nitrogen and oxygen atoms in total. The number of fused-ring (bicyclic) bond motifs is 3. The van der Waals surface area contributed by atoms with Gasteiger partial charge in [0.2, 0.25) is 0 Å². The molecule has 0 atom stereocenters. The first-order valence-electron chi connectivity index (χ1n) is 11.3. The van der Waals surface area contributed by atoms with E-state index in [-0.39, 0.29) is 5.82 Å². The van der Waals surface area contributed by atoms with E-state index in [2.05, 4.69) is 67.5 Å². The van der Waals surface area contributed by atoms with Crippen molar-refractivity contribution in [3.8, 4) is 22.4 Å². The van der Waals surface area contributed by atoms with E-state index in [1.165, 1.54) is 38.6 Å². The molecule has 0 aliphatic carbocycles. The SMILES string of the molecule is Cc1cc(C)cc(-c2nccc3c2cnc2[c]([Ge]([CH3])([CH3])[CH3])c(-c4ccc(F)cc4)ccc23)c1. The quantitative estimate of drug-likeness (QED) is 0.192. The van der Waals surface area contributed by atoms with Crippen molar-refractivity contribution < 1.29 is 4.39 Å². The van der Waals surface area contributed by atoms with Crippen LogP contribution in [0.25, 0.3) is 44.1 Å². The van der Waals surface area contributed by atoms with Crippen LogP contribution in [-0.2, 0) is 0 Å². The predicted molar refractivity (Wildman–Crippen MR) is 140 cm³/mol. The van der Waals surface area contributed by atoms with Crippen LogP contribution in [0, 0.1) is 19.7 Å². The van der Waals surface area contributed by atoms with Crippen molar-refractivity contribution in [3.63, 3.8) is 0 Å². The summed E-state index contributed by atoms with van der Waals surface area (Å²) in [5.74, 6) is 6.96. The van der Waals surface area contributed by atoms with Gasteiger partial charge in [0.05, 0.1) is 0 Å². The molecule has 0 bridgehead atoms. The third-order valence-corrected chi connectivity index (χ3v) is 10.4. The Morgan fingerprint density at radius 1 is 0.697 bits per heavy atom. The molecule has 0 aliphatic heterocycles. The van der Waals surface area contributed by atoms with Crippen molar-refractivity contribution in [2.45, 2.75) is 31.1 Å². The fourth-order valence-electron chi connectivity index (χ4n) is 4.88. The van der Waals surface area contributed by atoms with E-state index in [9.17, 15) is 4.39 Å². The molecule has 0 spiro atoms. The summed E-state index contributed by atoms with van der Waals surface area (Å²) in [5, 5.41) is 3.39. The standard InChI is InChI=1S/C29H27FGeN2/c1-18-14-19(2)16-21(15-18)28-26-17-33-29-25(24(26)12-13-32-28)11-10-23(27(29)31(3,4)5)20-6-8-22(30)9-7-20/h6-17H,1-5H3. The summed E-state index contributed by atoms with van der Waals surface area (Å²) in [6, 6.07) is 19.8. The van der Waals surface area contributed by atoms with Crippen LogP contribution in [0.15, 0.2) is 73.1 Å². The molecule has 0 aliphatic rings. The number of pyridine rings is 2. The molecule has 0 fully saturated rings. The summed E-state index contributed by atoms with van der Waals surface area (Å²) in [7, 11) is 0. The van der Waals surface area contributed by atoms with E-state index in [1.807, 2.05) is 24.5 Å². The summed E-state index contributed by atoms with van der Waals surface area (Å²) in [5.41, 5.74) is 7.82. The van der Waals surface area contributed by atoms with Gasteiger partial charge in [-0.2, -0.15) is 0 Å². The zero-order valence-electron chi connectivity index (χ0n) is 19.7. The van der Waals surface area contributed by atoms with Gasteiger partial charge in [0.1, 0.15) is 0 Å². The van der Waals surface area contributed by atoms with E-state index < -0.39 is 13.3 Å². The normalized spacial score (nSPS) is 11.9. The van der Waals surface area contributed by atoms with E-state index in [4.69, 9.17) is 9.97 Å². The van der Waals surface area contributed by atoms with Gasteiger partial charge < -0.3 is 0 Å². The van der Waals surface area contributed by atoms with Crippen LogP contribution in [0.5, 0.6) is 0 Å². The number of benzene rings is 3. The zero-order chi connectivity index (χ0) is 23.3. The van der Waals surface area contributed by atoms with Crippen molar-refractivity contribution in [2.24, 2.45) is 0 Å². The third kappa shape index (κ3) is 3.95. The van der Waals surface area contributed by atoms with E-state index in [1.54, 1.807) is 0 Å². The summed E-state index contributed by atoms with van der Waals surface area (Å²) in [6.07, 6.45) is 3.89. The average Bonchev–Trinajstić information content (AvgIpc) is 2.77. The number of aromatic nitrogens is 2. The Bertz CT molecular complexity index is 1500. The summed E-state index contributed by atoms with van der Waals surface area (Å²) >= 11 is -2.37. The molecule has 0 radical (unpaired) electrons. The van der Waals surface area contributed by atoms with Gasteiger partial charge >= 0.3 is 197 Å². The second kappa shape index (κ2) is 8.07. The van der Waals surface area contributed by atoms with Gasteiger partial charge in [-0.25, -0.2) is 0 Å². The number of halogens is 1. The first kappa shape index (κ1) is 21.8. The third-order valence-electron chi connectivity index (χ3n) is 6.18. The molecule has 3 aromatic carbocycles. The van der Waals surface area contributed by atoms with Gasteiger partial charge in [-0.1, -0.05) is 0 Å².